The number of benzene rings is 1. The van der Waals surface area contributed by atoms with Crippen molar-refractivity contribution in [2.24, 2.45) is 5.41 Å². The summed E-state index contributed by atoms with van der Waals surface area (Å²) in [5, 5.41) is 14.4. The molecule has 0 radical (unpaired) electrons. The van der Waals surface area contributed by atoms with Gasteiger partial charge in [-0.2, -0.15) is 0 Å². The molecule has 1 aromatic carbocycles. The first-order valence-electron chi connectivity index (χ1n) is 6.44. The molecule has 0 fully saturated rings. The molecule has 0 aliphatic carbocycles. The summed E-state index contributed by atoms with van der Waals surface area (Å²) in [6.45, 7) is 3.40. The standard InChI is InChI=1S/C14H19BrN2O4/c1-4-14(2,12(18)19)8-16-13(20)17-10-7-9(15)5-6-11(10)21-3/h5-7H,4,8H2,1-3H3,(H,18,19)(H2,16,17,20). The number of aliphatic carboxylic acids is 1. The molecule has 0 saturated carbocycles. The van der Waals surface area contributed by atoms with Crippen LogP contribution in [-0.4, -0.2) is 30.8 Å². The van der Waals surface area contributed by atoms with E-state index in [1.165, 1.54) is 7.11 Å². The Morgan fingerprint density at radius 2 is 2.10 bits per heavy atom. The molecule has 0 saturated heterocycles. The lowest BCUT2D eigenvalue weighted by molar-refractivity contribution is -0.147. The summed E-state index contributed by atoms with van der Waals surface area (Å²) in [6, 6.07) is 4.73. The number of hydrogen-bond acceptors (Lipinski definition) is 3. The summed E-state index contributed by atoms with van der Waals surface area (Å²) in [7, 11) is 1.50. The lowest BCUT2D eigenvalue weighted by Crippen LogP contribution is -2.42. The van der Waals surface area contributed by atoms with Crippen LogP contribution in [0.4, 0.5) is 10.5 Å². The third-order valence-electron chi connectivity index (χ3n) is 3.35. The molecule has 21 heavy (non-hydrogen) atoms. The van der Waals surface area contributed by atoms with E-state index in [1.54, 1.807) is 32.0 Å². The average Bonchev–Trinajstić information content (AvgIpc) is 2.44. The summed E-state index contributed by atoms with van der Waals surface area (Å²) in [6.07, 6.45) is 0.419. The van der Waals surface area contributed by atoms with E-state index < -0.39 is 17.4 Å². The van der Waals surface area contributed by atoms with Gasteiger partial charge in [0.1, 0.15) is 5.75 Å². The number of amides is 2. The second-order valence-electron chi connectivity index (χ2n) is 4.87. The predicted molar refractivity (Wildman–Crippen MR) is 83.7 cm³/mol. The molecule has 6 nitrogen and oxygen atoms in total. The van der Waals surface area contributed by atoms with Crippen molar-refractivity contribution < 1.29 is 19.4 Å². The van der Waals surface area contributed by atoms with Crippen LogP contribution in [0.15, 0.2) is 22.7 Å². The lowest BCUT2D eigenvalue weighted by atomic mass is 9.88. The number of rotatable bonds is 6. The van der Waals surface area contributed by atoms with E-state index in [0.717, 1.165) is 4.47 Å². The Hall–Kier alpha value is -1.76. The molecule has 2 amide bonds. The van der Waals surface area contributed by atoms with Crippen LogP contribution in [0.2, 0.25) is 0 Å². The summed E-state index contributed by atoms with van der Waals surface area (Å²) in [5.74, 6) is -0.421. The van der Waals surface area contributed by atoms with Gasteiger partial charge in [0.05, 0.1) is 18.2 Å². The number of hydrogen-bond donors (Lipinski definition) is 3. The highest BCUT2D eigenvalue weighted by molar-refractivity contribution is 9.10. The smallest absolute Gasteiger partial charge is 0.319 e. The monoisotopic (exact) mass is 358 g/mol. The molecule has 1 aromatic rings. The molecule has 0 spiro atoms. The second-order valence-corrected chi connectivity index (χ2v) is 5.79. The van der Waals surface area contributed by atoms with Gasteiger partial charge in [0.2, 0.25) is 0 Å². The minimum atomic E-state index is -0.987. The molecule has 3 N–H and O–H groups in total. The van der Waals surface area contributed by atoms with Crippen molar-refractivity contribution >= 4 is 33.6 Å². The van der Waals surface area contributed by atoms with Gasteiger partial charge in [-0.25, -0.2) is 4.79 Å². The molecule has 1 atom stereocenters. The Labute approximate surface area is 132 Å². The number of halogens is 1. The number of nitrogens with one attached hydrogen (secondary N) is 2. The molecule has 116 valence electrons. The Balaban J connectivity index is 2.70. The Bertz CT molecular complexity index is 536. The maximum absolute atomic E-state index is 11.9. The van der Waals surface area contributed by atoms with E-state index in [1.807, 2.05) is 0 Å². The zero-order valence-corrected chi connectivity index (χ0v) is 13.8. The van der Waals surface area contributed by atoms with E-state index in [2.05, 4.69) is 26.6 Å². The van der Waals surface area contributed by atoms with Gasteiger partial charge in [0.25, 0.3) is 0 Å². The van der Waals surface area contributed by atoms with Crippen LogP contribution >= 0.6 is 15.9 Å². The van der Waals surface area contributed by atoms with Crippen LogP contribution in [0.25, 0.3) is 0 Å². The highest BCUT2D eigenvalue weighted by Crippen LogP contribution is 2.28. The van der Waals surface area contributed by atoms with Crippen LogP contribution < -0.4 is 15.4 Å². The molecular weight excluding hydrogens is 340 g/mol. The highest BCUT2D eigenvalue weighted by Gasteiger charge is 2.31. The summed E-state index contributed by atoms with van der Waals surface area (Å²) in [4.78, 5) is 23.1. The van der Waals surface area contributed by atoms with Gasteiger partial charge in [-0.05, 0) is 31.5 Å². The number of carbonyl (C=O) groups excluding carboxylic acids is 1. The fourth-order valence-corrected chi connectivity index (χ4v) is 1.93. The molecule has 0 heterocycles. The number of anilines is 1. The normalized spacial score (nSPS) is 13.1. The molecule has 1 unspecified atom stereocenters. The van der Waals surface area contributed by atoms with Crippen LogP contribution in [-0.2, 0) is 4.79 Å². The van der Waals surface area contributed by atoms with Crippen molar-refractivity contribution in [2.75, 3.05) is 19.0 Å². The van der Waals surface area contributed by atoms with Crippen LogP contribution in [0.5, 0.6) is 5.75 Å². The van der Waals surface area contributed by atoms with Gasteiger partial charge in [0, 0.05) is 11.0 Å². The van der Waals surface area contributed by atoms with E-state index in [0.29, 0.717) is 17.9 Å². The first kappa shape index (κ1) is 17.3. The second kappa shape index (κ2) is 7.31. The van der Waals surface area contributed by atoms with Crippen molar-refractivity contribution in [3.63, 3.8) is 0 Å². The maximum Gasteiger partial charge on any atom is 0.319 e. The fourth-order valence-electron chi connectivity index (χ4n) is 1.57. The van der Waals surface area contributed by atoms with Gasteiger partial charge in [-0.3, -0.25) is 4.79 Å². The minimum Gasteiger partial charge on any atom is -0.495 e. The van der Waals surface area contributed by atoms with Crippen molar-refractivity contribution in [3.8, 4) is 5.75 Å². The van der Waals surface area contributed by atoms with Gasteiger partial charge in [-0.1, -0.05) is 22.9 Å². The third-order valence-corrected chi connectivity index (χ3v) is 3.84. The van der Waals surface area contributed by atoms with Gasteiger partial charge >= 0.3 is 12.0 Å². The lowest BCUT2D eigenvalue weighted by Gasteiger charge is -2.23. The predicted octanol–water partition coefficient (Wildman–Crippen LogP) is 3.08. The maximum atomic E-state index is 11.9. The van der Waals surface area contributed by atoms with Crippen LogP contribution in [0.3, 0.4) is 0 Å². The zero-order chi connectivity index (χ0) is 16.0. The van der Waals surface area contributed by atoms with E-state index >= 15 is 0 Å². The Kier molecular flexibility index (Phi) is 6.02. The van der Waals surface area contributed by atoms with E-state index in [-0.39, 0.29) is 6.54 Å². The number of carboxylic acids is 1. The van der Waals surface area contributed by atoms with Gasteiger partial charge in [0.15, 0.2) is 0 Å². The van der Waals surface area contributed by atoms with Gasteiger partial charge in [-0.15, -0.1) is 0 Å². The molecule has 7 heteroatoms. The third kappa shape index (κ3) is 4.63. The molecule has 0 aromatic heterocycles. The molecule has 0 bridgehead atoms. The minimum absolute atomic E-state index is 0.0426. The van der Waals surface area contributed by atoms with Gasteiger partial charge < -0.3 is 20.5 Å². The summed E-state index contributed by atoms with van der Waals surface area (Å²) < 4.78 is 5.94. The number of methoxy groups -OCH3 is 1. The van der Waals surface area contributed by atoms with E-state index in [4.69, 9.17) is 9.84 Å². The summed E-state index contributed by atoms with van der Waals surface area (Å²) in [5.41, 5.74) is -0.489. The van der Waals surface area contributed by atoms with Crippen molar-refractivity contribution in [1.29, 1.82) is 0 Å². The fraction of sp³-hybridized carbons (Fsp3) is 0.429. The molecule has 1 rings (SSSR count). The number of carboxylic acid groups (broad SMARTS) is 1. The average molecular weight is 359 g/mol. The summed E-state index contributed by atoms with van der Waals surface area (Å²) >= 11 is 3.31. The highest BCUT2D eigenvalue weighted by atomic mass is 79.9. The van der Waals surface area contributed by atoms with Crippen molar-refractivity contribution in [3.05, 3.63) is 22.7 Å². The quantitative estimate of drug-likeness (QED) is 0.728. The largest absolute Gasteiger partial charge is 0.495 e. The Morgan fingerprint density at radius 1 is 1.43 bits per heavy atom. The SMILES string of the molecule is CCC(C)(CNC(=O)Nc1cc(Br)ccc1OC)C(=O)O. The topological polar surface area (TPSA) is 87.7 Å². The Morgan fingerprint density at radius 3 is 2.62 bits per heavy atom. The van der Waals surface area contributed by atoms with Crippen molar-refractivity contribution in [2.45, 2.75) is 20.3 Å². The molecular formula is C14H19BrN2O4. The number of ether oxygens (including phenoxy) is 1. The number of carbonyl (C=O) groups is 2. The first-order valence-corrected chi connectivity index (χ1v) is 7.23. The zero-order valence-electron chi connectivity index (χ0n) is 12.2. The number of urea groups is 1. The van der Waals surface area contributed by atoms with Crippen molar-refractivity contribution in [1.82, 2.24) is 5.32 Å². The molecule has 0 aliphatic rings. The molecule has 0 aliphatic heterocycles. The first-order chi connectivity index (χ1) is 9.82. The van der Waals surface area contributed by atoms with E-state index in [9.17, 15) is 9.59 Å². The van der Waals surface area contributed by atoms with Crippen LogP contribution in [0.1, 0.15) is 20.3 Å². The van der Waals surface area contributed by atoms with Crippen LogP contribution in [0, 0.1) is 5.41 Å².